The summed E-state index contributed by atoms with van der Waals surface area (Å²) >= 11 is 0. The predicted octanol–water partition coefficient (Wildman–Crippen LogP) is 1.91. The summed E-state index contributed by atoms with van der Waals surface area (Å²) in [6, 6.07) is 0. The van der Waals surface area contributed by atoms with E-state index in [0.29, 0.717) is 25.8 Å². The van der Waals surface area contributed by atoms with E-state index in [2.05, 4.69) is 5.32 Å². The Bertz CT molecular complexity index is 182. The number of hydrogen-bond acceptors (Lipinski definition) is 2. The lowest BCUT2D eigenvalue weighted by molar-refractivity contribution is -0.133. The summed E-state index contributed by atoms with van der Waals surface area (Å²) in [6.07, 6.45) is -0.693. The highest BCUT2D eigenvalue weighted by Gasteiger charge is 2.16. The molecular formula is C10H21ClF2N2O. The molecule has 0 saturated heterocycles. The highest BCUT2D eigenvalue weighted by atomic mass is 35.5. The van der Waals surface area contributed by atoms with Gasteiger partial charge in [-0.15, -0.1) is 12.4 Å². The molecule has 0 heterocycles. The number of nitrogens with zero attached hydrogens (tertiary/aromatic N) is 1. The Morgan fingerprint density at radius 3 is 2.50 bits per heavy atom. The third-order valence-electron chi connectivity index (χ3n) is 2.02. The molecule has 0 atom stereocenters. The van der Waals surface area contributed by atoms with E-state index in [0.717, 1.165) is 6.54 Å². The summed E-state index contributed by atoms with van der Waals surface area (Å²) in [4.78, 5) is 12.8. The van der Waals surface area contributed by atoms with Gasteiger partial charge in [0.05, 0.1) is 6.54 Å². The Balaban J connectivity index is 0. The molecule has 0 aliphatic carbocycles. The number of hydrogen-bond donors (Lipinski definition) is 1. The van der Waals surface area contributed by atoms with E-state index >= 15 is 0 Å². The lowest BCUT2D eigenvalue weighted by atomic mass is 10.2. The molecule has 0 spiro atoms. The number of carbonyl (C=O) groups is 1. The fourth-order valence-electron chi connectivity index (χ4n) is 1.33. The van der Waals surface area contributed by atoms with E-state index in [9.17, 15) is 13.6 Å². The average Bonchev–Trinajstić information content (AvgIpc) is 2.17. The van der Waals surface area contributed by atoms with Crippen molar-refractivity contribution in [1.82, 2.24) is 10.2 Å². The van der Waals surface area contributed by atoms with Crippen LogP contribution in [0.5, 0.6) is 0 Å². The van der Waals surface area contributed by atoms with E-state index in [1.807, 2.05) is 6.92 Å². The molecule has 0 saturated carbocycles. The third kappa shape index (κ3) is 8.85. The molecule has 0 aliphatic rings. The molecule has 16 heavy (non-hydrogen) atoms. The van der Waals surface area contributed by atoms with Crippen LogP contribution in [0, 0.1) is 0 Å². The van der Waals surface area contributed by atoms with Crippen molar-refractivity contribution in [3.8, 4) is 0 Å². The van der Waals surface area contributed by atoms with E-state index in [1.165, 1.54) is 4.90 Å². The first-order valence-corrected chi connectivity index (χ1v) is 5.32. The van der Waals surface area contributed by atoms with Gasteiger partial charge in [-0.2, -0.15) is 0 Å². The van der Waals surface area contributed by atoms with Gasteiger partial charge in [0.2, 0.25) is 5.91 Å². The van der Waals surface area contributed by atoms with Crippen molar-refractivity contribution in [1.29, 1.82) is 0 Å². The number of carbonyl (C=O) groups excluding carboxylic acids is 1. The van der Waals surface area contributed by atoms with Crippen molar-refractivity contribution >= 4 is 18.3 Å². The average molecular weight is 259 g/mol. The lowest BCUT2D eigenvalue weighted by Gasteiger charge is -2.21. The van der Waals surface area contributed by atoms with Crippen molar-refractivity contribution in [2.45, 2.75) is 32.6 Å². The molecule has 0 aromatic rings. The number of alkyl halides is 2. The fourth-order valence-corrected chi connectivity index (χ4v) is 1.33. The first-order chi connectivity index (χ1) is 7.11. The highest BCUT2D eigenvalue weighted by molar-refractivity contribution is 5.85. The Morgan fingerprint density at radius 1 is 1.44 bits per heavy atom. The second-order valence-corrected chi connectivity index (χ2v) is 3.44. The van der Waals surface area contributed by atoms with Gasteiger partial charge in [-0.1, -0.05) is 6.92 Å². The van der Waals surface area contributed by atoms with Crippen LogP contribution in [0.1, 0.15) is 26.2 Å². The summed E-state index contributed by atoms with van der Waals surface area (Å²) < 4.78 is 24.3. The maximum Gasteiger partial charge on any atom is 0.255 e. The van der Waals surface area contributed by atoms with Gasteiger partial charge in [0.15, 0.2) is 0 Å². The zero-order valence-electron chi connectivity index (χ0n) is 9.84. The molecule has 0 fully saturated rings. The molecule has 0 radical (unpaired) electrons. The number of nitrogens with one attached hydrogen (secondary N) is 1. The van der Waals surface area contributed by atoms with Crippen LogP contribution >= 0.6 is 12.4 Å². The van der Waals surface area contributed by atoms with Crippen molar-refractivity contribution in [3.63, 3.8) is 0 Å². The second-order valence-electron chi connectivity index (χ2n) is 3.44. The van der Waals surface area contributed by atoms with Crippen LogP contribution in [-0.2, 0) is 4.79 Å². The summed E-state index contributed by atoms with van der Waals surface area (Å²) in [7, 11) is 1.80. The molecule has 0 aromatic heterocycles. The molecule has 0 aliphatic heterocycles. The minimum Gasteiger partial charge on any atom is -0.337 e. The zero-order valence-corrected chi connectivity index (χ0v) is 10.7. The molecule has 0 aromatic carbocycles. The van der Waals surface area contributed by atoms with Crippen LogP contribution in [0.4, 0.5) is 8.78 Å². The van der Waals surface area contributed by atoms with Gasteiger partial charge >= 0.3 is 0 Å². The Kier molecular flexibility index (Phi) is 12.4. The Morgan fingerprint density at radius 2 is 2.06 bits per heavy atom. The predicted molar refractivity (Wildman–Crippen MR) is 63.3 cm³/mol. The molecule has 3 nitrogen and oxygen atoms in total. The van der Waals surface area contributed by atoms with Gasteiger partial charge in [-0.25, -0.2) is 8.78 Å². The lowest BCUT2D eigenvalue weighted by Crippen LogP contribution is -2.35. The van der Waals surface area contributed by atoms with Gasteiger partial charge in [0.1, 0.15) is 0 Å². The second kappa shape index (κ2) is 11.1. The first kappa shape index (κ1) is 18.0. The maximum absolute atomic E-state index is 12.2. The van der Waals surface area contributed by atoms with Gasteiger partial charge in [-0.3, -0.25) is 4.79 Å². The van der Waals surface area contributed by atoms with Crippen molar-refractivity contribution < 1.29 is 13.6 Å². The van der Waals surface area contributed by atoms with Gasteiger partial charge in [0.25, 0.3) is 6.43 Å². The van der Waals surface area contributed by atoms with E-state index < -0.39 is 13.0 Å². The van der Waals surface area contributed by atoms with Gasteiger partial charge in [0, 0.05) is 13.0 Å². The quantitative estimate of drug-likeness (QED) is 0.675. The molecule has 0 rings (SSSR count). The minimum atomic E-state index is -2.44. The normalized spacial score (nSPS) is 10.1. The number of halogens is 3. The maximum atomic E-state index is 12.2. The van der Waals surface area contributed by atoms with Crippen molar-refractivity contribution in [3.05, 3.63) is 0 Å². The zero-order chi connectivity index (χ0) is 11.7. The molecule has 6 heteroatoms. The van der Waals surface area contributed by atoms with Crippen LogP contribution in [0.2, 0.25) is 0 Å². The van der Waals surface area contributed by atoms with Crippen molar-refractivity contribution in [2.75, 3.05) is 26.7 Å². The van der Waals surface area contributed by atoms with Gasteiger partial charge < -0.3 is 10.2 Å². The summed E-state index contributed by atoms with van der Waals surface area (Å²) in [5.41, 5.74) is 0. The smallest absolute Gasteiger partial charge is 0.255 e. The van der Waals surface area contributed by atoms with Crippen LogP contribution in [0.15, 0.2) is 0 Å². The first-order valence-electron chi connectivity index (χ1n) is 5.32. The van der Waals surface area contributed by atoms with E-state index in [4.69, 9.17) is 0 Å². The highest BCUT2D eigenvalue weighted by Crippen LogP contribution is 2.03. The molecule has 1 amide bonds. The summed E-state index contributed by atoms with van der Waals surface area (Å²) in [6.45, 7) is 2.59. The fraction of sp³-hybridized carbons (Fsp3) is 0.900. The summed E-state index contributed by atoms with van der Waals surface area (Å²) in [5.74, 6) is -0.174. The topological polar surface area (TPSA) is 32.3 Å². The largest absolute Gasteiger partial charge is 0.337 e. The van der Waals surface area contributed by atoms with E-state index in [1.54, 1.807) is 7.05 Å². The minimum absolute atomic E-state index is 0. The van der Waals surface area contributed by atoms with Crippen molar-refractivity contribution in [2.24, 2.45) is 0 Å². The van der Waals surface area contributed by atoms with Crippen LogP contribution < -0.4 is 5.32 Å². The SMILES string of the molecule is CCCN(CC(F)F)C(=O)CCCNC.Cl. The molecule has 0 bridgehead atoms. The monoisotopic (exact) mass is 258 g/mol. The molecule has 1 N–H and O–H groups in total. The van der Waals surface area contributed by atoms with Crippen LogP contribution in [-0.4, -0.2) is 43.9 Å². The van der Waals surface area contributed by atoms with Crippen LogP contribution in [0.3, 0.4) is 0 Å². The third-order valence-corrected chi connectivity index (χ3v) is 2.02. The Hall–Kier alpha value is -0.420. The van der Waals surface area contributed by atoms with Crippen LogP contribution in [0.25, 0.3) is 0 Å². The van der Waals surface area contributed by atoms with E-state index in [-0.39, 0.29) is 18.3 Å². The number of rotatable bonds is 8. The summed E-state index contributed by atoms with van der Waals surface area (Å²) in [5, 5.41) is 2.92. The molecular weight excluding hydrogens is 238 g/mol. The molecule has 98 valence electrons. The number of amides is 1. The standard InChI is InChI=1S/C10H20F2N2O.ClH/c1-3-7-14(8-9(11)12)10(15)5-4-6-13-2;/h9,13H,3-8H2,1-2H3;1H. The Labute approximate surface area is 102 Å². The van der Waals surface area contributed by atoms with Gasteiger partial charge in [-0.05, 0) is 26.4 Å². The molecule has 0 unspecified atom stereocenters.